The molecule has 1 fully saturated rings. The van der Waals surface area contributed by atoms with E-state index in [4.69, 9.17) is 9.47 Å². The summed E-state index contributed by atoms with van der Waals surface area (Å²) < 4.78 is 9.90. The summed E-state index contributed by atoms with van der Waals surface area (Å²) in [6.07, 6.45) is 0.393. The molecule has 1 saturated heterocycles. The van der Waals surface area contributed by atoms with E-state index in [0.717, 1.165) is 13.0 Å². The standard InChI is InChI=1S/C9H14N4O3/c1-15-8-10-7(11-9(12-8)16-2)13-4-3-6(14)5-13/h6,14H,3-5H2,1-2H3/t6-/m1/s1. The van der Waals surface area contributed by atoms with Crippen molar-refractivity contribution >= 4 is 5.95 Å². The molecule has 0 aromatic carbocycles. The van der Waals surface area contributed by atoms with E-state index in [1.165, 1.54) is 14.2 Å². The third-order valence-electron chi connectivity index (χ3n) is 2.39. The molecule has 0 unspecified atom stereocenters. The van der Waals surface area contributed by atoms with Crippen molar-refractivity contribution in [1.29, 1.82) is 0 Å². The Morgan fingerprint density at radius 1 is 1.19 bits per heavy atom. The Balaban J connectivity index is 2.25. The molecule has 0 amide bonds. The number of hydrogen-bond donors (Lipinski definition) is 1. The minimum absolute atomic E-state index is 0.211. The molecule has 1 atom stereocenters. The molecule has 0 aliphatic carbocycles. The molecule has 0 saturated carbocycles. The highest BCUT2D eigenvalue weighted by Gasteiger charge is 2.23. The smallest absolute Gasteiger partial charge is 0.324 e. The van der Waals surface area contributed by atoms with Gasteiger partial charge in [-0.2, -0.15) is 9.97 Å². The van der Waals surface area contributed by atoms with Crippen LogP contribution >= 0.6 is 0 Å². The predicted molar refractivity (Wildman–Crippen MR) is 55.8 cm³/mol. The lowest BCUT2D eigenvalue weighted by atomic mass is 10.3. The van der Waals surface area contributed by atoms with Crippen LogP contribution in [0.3, 0.4) is 0 Å². The fourth-order valence-electron chi connectivity index (χ4n) is 1.58. The quantitative estimate of drug-likeness (QED) is 0.741. The number of aliphatic hydroxyl groups is 1. The summed E-state index contributed by atoms with van der Waals surface area (Å²) >= 11 is 0. The van der Waals surface area contributed by atoms with Crippen LogP contribution in [0.5, 0.6) is 12.0 Å². The van der Waals surface area contributed by atoms with Crippen molar-refractivity contribution in [2.45, 2.75) is 12.5 Å². The normalized spacial score (nSPS) is 19.9. The van der Waals surface area contributed by atoms with Gasteiger partial charge in [0.15, 0.2) is 0 Å². The summed E-state index contributed by atoms with van der Waals surface area (Å²) in [6.45, 7) is 1.24. The van der Waals surface area contributed by atoms with Gasteiger partial charge >= 0.3 is 12.0 Å². The summed E-state index contributed by atoms with van der Waals surface area (Å²) in [7, 11) is 2.97. The molecule has 0 spiro atoms. The minimum atomic E-state index is -0.325. The largest absolute Gasteiger partial charge is 0.467 e. The second kappa shape index (κ2) is 4.48. The van der Waals surface area contributed by atoms with Crippen molar-refractivity contribution in [2.75, 3.05) is 32.2 Å². The van der Waals surface area contributed by atoms with Crippen molar-refractivity contribution < 1.29 is 14.6 Å². The first-order chi connectivity index (χ1) is 7.72. The molecule has 88 valence electrons. The zero-order valence-electron chi connectivity index (χ0n) is 9.25. The second-order valence-electron chi connectivity index (χ2n) is 3.50. The second-order valence-corrected chi connectivity index (χ2v) is 3.50. The maximum atomic E-state index is 9.44. The molecular weight excluding hydrogens is 212 g/mol. The van der Waals surface area contributed by atoms with Gasteiger partial charge in [0.05, 0.1) is 20.3 Å². The Kier molecular flexibility index (Phi) is 3.04. The lowest BCUT2D eigenvalue weighted by Crippen LogP contribution is -2.24. The molecule has 0 radical (unpaired) electrons. The average molecular weight is 226 g/mol. The van der Waals surface area contributed by atoms with Gasteiger partial charge in [0.25, 0.3) is 0 Å². The van der Waals surface area contributed by atoms with E-state index in [-0.39, 0.29) is 18.1 Å². The van der Waals surface area contributed by atoms with Crippen LogP contribution in [0, 0.1) is 0 Å². The van der Waals surface area contributed by atoms with Crippen LogP contribution in [0.15, 0.2) is 0 Å². The first-order valence-corrected chi connectivity index (χ1v) is 5.00. The lowest BCUT2D eigenvalue weighted by molar-refractivity contribution is 0.198. The molecule has 0 bridgehead atoms. The van der Waals surface area contributed by atoms with Crippen molar-refractivity contribution in [3.63, 3.8) is 0 Å². The van der Waals surface area contributed by atoms with Crippen molar-refractivity contribution in [2.24, 2.45) is 0 Å². The van der Waals surface area contributed by atoms with Crippen molar-refractivity contribution in [1.82, 2.24) is 15.0 Å². The van der Waals surface area contributed by atoms with E-state index >= 15 is 0 Å². The summed E-state index contributed by atoms with van der Waals surface area (Å²) in [5.74, 6) is 0.472. The number of nitrogens with zero attached hydrogens (tertiary/aromatic N) is 4. The number of ether oxygens (including phenoxy) is 2. The number of aliphatic hydroxyl groups excluding tert-OH is 1. The van der Waals surface area contributed by atoms with E-state index in [1.807, 2.05) is 4.90 Å². The Bertz CT molecular complexity index is 352. The van der Waals surface area contributed by atoms with Crippen LogP contribution in [-0.2, 0) is 0 Å². The molecule has 1 N–H and O–H groups in total. The van der Waals surface area contributed by atoms with Crippen LogP contribution in [-0.4, -0.2) is 53.5 Å². The van der Waals surface area contributed by atoms with Crippen LogP contribution in [0.2, 0.25) is 0 Å². The highest BCUT2D eigenvalue weighted by Crippen LogP contribution is 2.20. The van der Waals surface area contributed by atoms with Crippen LogP contribution in [0.25, 0.3) is 0 Å². The highest BCUT2D eigenvalue weighted by atomic mass is 16.5. The Hall–Kier alpha value is -1.63. The number of rotatable bonds is 3. The number of aromatic nitrogens is 3. The van der Waals surface area contributed by atoms with Crippen LogP contribution < -0.4 is 14.4 Å². The molecule has 16 heavy (non-hydrogen) atoms. The van der Waals surface area contributed by atoms with Gasteiger partial charge in [-0.15, -0.1) is 4.98 Å². The van der Waals surface area contributed by atoms with Gasteiger partial charge in [0.2, 0.25) is 5.95 Å². The maximum Gasteiger partial charge on any atom is 0.324 e. The van der Waals surface area contributed by atoms with Crippen molar-refractivity contribution in [3.8, 4) is 12.0 Å². The molecular formula is C9H14N4O3. The Labute approximate surface area is 93.1 Å². The Morgan fingerprint density at radius 3 is 2.25 bits per heavy atom. The van der Waals surface area contributed by atoms with Gasteiger partial charge < -0.3 is 19.5 Å². The number of hydrogen-bond acceptors (Lipinski definition) is 7. The minimum Gasteiger partial charge on any atom is -0.467 e. The van der Waals surface area contributed by atoms with Crippen molar-refractivity contribution in [3.05, 3.63) is 0 Å². The first-order valence-electron chi connectivity index (χ1n) is 5.00. The molecule has 1 aromatic heterocycles. The summed E-state index contributed by atoms with van der Waals surface area (Å²) in [5.41, 5.74) is 0. The molecule has 2 rings (SSSR count). The maximum absolute atomic E-state index is 9.44. The fourth-order valence-corrected chi connectivity index (χ4v) is 1.58. The van der Waals surface area contributed by atoms with Gasteiger partial charge in [-0.25, -0.2) is 0 Å². The number of methoxy groups -OCH3 is 2. The molecule has 1 aromatic rings. The van der Waals surface area contributed by atoms with Crippen LogP contribution in [0.1, 0.15) is 6.42 Å². The monoisotopic (exact) mass is 226 g/mol. The average Bonchev–Trinajstić information content (AvgIpc) is 2.75. The zero-order valence-corrected chi connectivity index (χ0v) is 9.25. The molecule has 7 heteroatoms. The van der Waals surface area contributed by atoms with E-state index in [2.05, 4.69) is 15.0 Å². The van der Waals surface area contributed by atoms with Gasteiger partial charge in [-0.3, -0.25) is 0 Å². The van der Waals surface area contributed by atoms with E-state index in [0.29, 0.717) is 12.5 Å². The molecule has 1 aliphatic rings. The summed E-state index contributed by atoms with van der Waals surface area (Å²) in [4.78, 5) is 14.0. The van der Waals surface area contributed by atoms with Gasteiger partial charge in [-0.1, -0.05) is 0 Å². The highest BCUT2D eigenvalue weighted by molar-refractivity contribution is 5.33. The number of anilines is 1. The SMILES string of the molecule is COc1nc(OC)nc(N2CC[C@@H](O)C2)n1. The lowest BCUT2D eigenvalue weighted by Gasteiger charge is -2.15. The fraction of sp³-hybridized carbons (Fsp3) is 0.667. The molecule has 2 heterocycles. The predicted octanol–water partition coefficient (Wildman–Crippen LogP) is -0.540. The Morgan fingerprint density at radius 2 is 1.81 bits per heavy atom. The first kappa shape index (κ1) is 10.9. The molecule has 1 aliphatic heterocycles. The number of β-amino-alcohol motifs (C(OH)–C–C–N with tert-alkyl or cyclic N) is 1. The van der Waals surface area contributed by atoms with Crippen LogP contribution in [0.4, 0.5) is 5.95 Å². The summed E-state index contributed by atoms with van der Waals surface area (Å²) in [5, 5.41) is 9.44. The van der Waals surface area contributed by atoms with Gasteiger partial charge in [0.1, 0.15) is 0 Å². The molecule has 7 nitrogen and oxygen atoms in total. The van der Waals surface area contributed by atoms with Gasteiger partial charge in [-0.05, 0) is 6.42 Å². The van der Waals surface area contributed by atoms with E-state index in [9.17, 15) is 5.11 Å². The third kappa shape index (κ3) is 2.13. The third-order valence-corrected chi connectivity index (χ3v) is 2.39. The zero-order chi connectivity index (χ0) is 11.5. The topological polar surface area (TPSA) is 80.6 Å². The van der Waals surface area contributed by atoms with E-state index in [1.54, 1.807) is 0 Å². The van der Waals surface area contributed by atoms with Gasteiger partial charge in [0, 0.05) is 13.1 Å². The van der Waals surface area contributed by atoms with E-state index < -0.39 is 0 Å². The summed E-state index contributed by atoms with van der Waals surface area (Å²) in [6, 6.07) is 0.423.